The highest BCUT2D eigenvalue weighted by atomic mass is 32.2. The number of ether oxygens (including phenoxy) is 1. The van der Waals surface area contributed by atoms with Gasteiger partial charge in [-0.2, -0.15) is 0 Å². The lowest BCUT2D eigenvalue weighted by Gasteiger charge is -2.27. The van der Waals surface area contributed by atoms with Gasteiger partial charge in [-0.15, -0.1) is 0 Å². The minimum Gasteiger partial charge on any atom is -0.423 e. The molecule has 1 aliphatic rings. The lowest BCUT2D eigenvalue weighted by Crippen LogP contribution is -2.35. The highest BCUT2D eigenvalue weighted by Gasteiger charge is 2.27. The molecule has 0 saturated heterocycles. The van der Waals surface area contributed by atoms with Gasteiger partial charge in [-0.3, -0.25) is 4.98 Å². The van der Waals surface area contributed by atoms with Crippen molar-refractivity contribution in [2.45, 2.75) is 19.6 Å². The van der Waals surface area contributed by atoms with E-state index in [1.165, 1.54) is 6.07 Å². The maximum Gasteiger partial charge on any atom is 0.336 e. The fraction of sp³-hybridized carbons (Fsp3) is 0.263. The van der Waals surface area contributed by atoms with Gasteiger partial charge in [0.05, 0.1) is 25.0 Å². The number of sulfonamides is 1. The van der Waals surface area contributed by atoms with Crippen molar-refractivity contribution in [1.29, 1.82) is 0 Å². The topological polar surface area (TPSA) is 98.5 Å². The number of aromatic nitrogens is 1. The van der Waals surface area contributed by atoms with E-state index >= 15 is 0 Å². The quantitative estimate of drug-likeness (QED) is 0.691. The lowest BCUT2D eigenvalue weighted by atomic mass is 9.93. The Kier molecular flexibility index (Phi) is 4.55. The van der Waals surface area contributed by atoms with Gasteiger partial charge in [0.2, 0.25) is 10.0 Å². The van der Waals surface area contributed by atoms with Crippen LogP contribution in [0.15, 0.2) is 51.9 Å². The number of pyridine rings is 1. The molecule has 7 nitrogen and oxygen atoms in total. The molecule has 2 aromatic heterocycles. The van der Waals surface area contributed by atoms with E-state index in [9.17, 15) is 13.2 Å². The molecule has 8 heteroatoms. The van der Waals surface area contributed by atoms with Crippen molar-refractivity contribution >= 4 is 21.0 Å². The Bertz CT molecular complexity index is 1170. The van der Waals surface area contributed by atoms with Crippen LogP contribution in [0.4, 0.5) is 0 Å². The van der Waals surface area contributed by atoms with Gasteiger partial charge in [0, 0.05) is 29.4 Å². The molecule has 0 aliphatic carbocycles. The first-order valence-corrected chi connectivity index (χ1v) is 10.2. The average Bonchev–Trinajstić information content (AvgIpc) is 2.67. The summed E-state index contributed by atoms with van der Waals surface area (Å²) in [6.07, 6.45) is 3.42. The van der Waals surface area contributed by atoms with Gasteiger partial charge in [-0.25, -0.2) is 17.9 Å². The van der Waals surface area contributed by atoms with Crippen LogP contribution in [0.3, 0.4) is 0 Å². The molecule has 0 spiro atoms. The summed E-state index contributed by atoms with van der Waals surface area (Å²) in [4.78, 5) is 15.7. The van der Waals surface area contributed by atoms with E-state index in [2.05, 4.69) is 9.71 Å². The Morgan fingerprint density at radius 1 is 1.22 bits per heavy atom. The summed E-state index contributed by atoms with van der Waals surface area (Å²) in [7, 11) is -3.37. The van der Waals surface area contributed by atoms with E-state index in [1.807, 2.05) is 12.1 Å². The van der Waals surface area contributed by atoms with Crippen LogP contribution >= 0.6 is 0 Å². The van der Waals surface area contributed by atoms with Crippen LogP contribution in [0.5, 0.6) is 0 Å². The molecular weight excluding hydrogens is 368 g/mol. The minimum atomic E-state index is -3.37. The van der Waals surface area contributed by atoms with Crippen LogP contribution in [0.1, 0.15) is 24.1 Å². The molecule has 27 heavy (non-hydrogen) atoms. The predicted molar refractivity (Wildman–Crippen MR) is 101 cm³/mol. The van der Waals surface area contributed by atoms with Gasteiger partial charge in [-0.05, 0) is 41.8 Å². The third-order valence-electron chi connectivity index (χ3n) is 4.63. The number of benzene rings is 1. The van der Waals surface area contributed by atoms with Crippen LogP contribution in [-0.2, 0) is 21.4 Å². The fourth-order valence-electron chi connectivity index (χ4n) is 3.22. The summed E-state index contributed by atoms with van der Waals surface area (Å²) in [5, 5.41) is 0.796. The molecule has 0 bridgehead atoms. The minimum absolute atomic E-state index is 0.00182. The Labute approximate surface area is 156 Å². The molecule has 1 atom stereocenters. The summed E-state index contributed by atoms with van der Waals surface area (Å²) in [5.41, 5.74) is 3.58. The van der Waals surface area contributed by atoms with Crippen LogP contribution in [0, 0.1) is 0 Å². The molecule has 1 aliphatic heterocycles. The standard InChI is InChI=1S/C19H18N2O5S/c1-2-27(23,24)21-17-11-25-10-16-14(8-20-9-15(16)17)12-3-5-18-13(7-12)4-6-19(22)26-18/h3-9,17,21H,2,10-11H2,1H3. The van der Waals surface area contributed by atoms with E-state index in [4.69, 9.17) is 9.15 Å². The van der Waals surface area contributed by atoms with E-state index < -0.39 is 21.7 Å². The first kappa shape index (κ1) is 17.8. The second-order valence-corrected chi connectivity index (χ2v) is 8.39. The van der Waals surface area contributed by atoms with Crippen LogP contribution in [0.25, 0.3) is 22.1 Å². The summed E-state index contributed by atoms with van der Waals surface area (Å²) in [6, 6.07) is 8.13. The summed E-state index contributed by atoms with van der Waals surface area (Å²) < 4.78 is 37.5. The second kappa shape index (κ2) is 6.88. The molecule has 0 radical (unpaired) electrons. The molecular formula is C19H18N2O5S. The first-order valence-electron chi connectivity index (χ1n) is 8.55. The molecule has 4 rings (SSSR count). The fourth-order valence-corrected chi connectivity index (χ4v) is 4.01. The largest absolute Gasteiger partial charge is 0.423 e. The van der Waals surface area contributed by atoms with Gasteiger partial charge >= 0.3 is 5.63 Å². The van der Waals surface area contributed by atoms with Crippen molar-refractivity contribution in [1.82, 2.24) is 9.71 Å². The Balaban J connectivity index is 1.79. The van der Waals surface area contributed by atoms with Crippen LogP contribution < -0.4 is 10.3 Å². The maximum absolute atomic E-state index is 12.0. The van der Waals surface area contributed by atoms with Crippen molar-refractivity contribution in [2.24, 2.45) is 0 Å². The summed E-state index contributed by atoms with van der Waals surface area (Å²) in [6.45, 7) is 2.23. The monoisotopic (exact) mass is 386 g/mol. The number of nitrogens with one attached hydrogen (secondary N) is 1. The number of fused-ring (bicyclic) bond motifs is 2. The van der Waals surface area contributed by atoms with Crippen molar-refractivity contribution in [3.8, 4) is 11.1 Å². The van der Waals surface area contributed by atoms with Gasteiger partial charge in [0.1, 0.15) is 5.58 Å². The number of rotatable bonds is 4. The smallest absolute Gasteiger partial charge is 0.336 e. The van der Waals surface area contributed by atoms with E-state index in [0.717, 1.165) is 27.6 Å². The van der Waals surface area contributed by atoms with Crippen molar-refractivity contribution in [3.63, 3.8) is 0 Å². The van der Waals surface area contributed by atoms with Gasteiger partial charge in [0.25, 0.3) is 0 Å². The van der Waals surface area contributed by atoms with Crippen LogP contribution in [0.2, 0.25) is 0 Å². The Hall–Kier alpha value is -2.55. The van der Waals surface area contributed by atoms with Gasteiger partial charge < -0.3 is 9.15 Å². The summed E-state index contributed by atoms with van der Waals surface area (Å²) >= 11 is 0. The van der Waals surface area contributed by atoms with Crippen molar-refractivity contribution in [2.75, 3.05) is 12.4 Å². The molecule has 0 amide bonds. The van der Waals surface area contributed by atoms with Crippen LogP contribution in [-0.4, -0.2) is 25.8 Å². The zero-order valence-corrected chi connectivity index (χ0v) is 15.5. The number of hydrogen-bond acceptors (Lipinski definition) is 6. The Morgan fingerprint density at radius 3 is 2.89 bits per heavy atom. The molecule has 3 aromatic rings. The predicted octanol–water partition coefficient (Wildman–Crippen LogP) is 2.37. The second-order valence-electron chi connectivity index (χ2n) is 6.35. The van der Waals surface area contributed by atoms with Crippen molar-refractivity contribution < 1.29 is 17.6 Å². The highest BCUT2D eigenvalue weighted by molar-refractivity contribution is 7.89. The zero-order chi connectivity index (χ0) is 19.0. The normalized spacial score (nSPS) is 17.0. The molecule has 1 unspecified atom stereocenters. The van der Waals surface area contributed by atoms with E-state index in [0.29, 0.717) is 12.2 Å². The molecule has 0 saturated carbocycles. The van der Waals surface area contributed by atoms with Gasteiger partial charge in [-0.1, -0.05) is 6.07 Å². The number of hydrogen-bond donors (Lipinski definition) is 1. The zero-order valence-electron chi connectivity index (χ0n) is 14.6. The van der Waals surface area contributed by atoms with Crippen molar-refractivity contribution in [3.05, 3.63) is 64.3 Å². The molecule has 3 heterocycles. The van der Waals surface area contributed by atoms with E-state index in [-0.39, 0.29) is 12.4 Å². The molecule has 140 valence electrons. The van der Waals surface area contributed by atoms with E-state index in [1.54, 1.807) is 31.5 Å². The number of nitrogens with zero attached hydrogens (tertiary/aromatic N) is 1. The third-order valence-corrected chi connectivity index (χ3v) is 6.03. The lowest BCUT2D eigenvalue weighted by molar-refractivity contribution is 0.0884. The molecule has 1 N–H and O–H groups in total. The SMILES string of the molecule is CCS(=O)(=O)NC1COCc2c(-c3ccc4oc(=O)ccc4c3)cncc21. The average molecular weight is 386 g/mol. The highest BCUT2D eigenvalue weighted by Crippen LogP contribution is 2.34. The summed E-state index contributed by atoms with van der Waals surface area (Å²) in [5.74, 6) is 0.00182. The molecule has 1 aromatic carbocycles. The first-order chi connectivity index (χ1) is 13.0. The maximum atomic E-state index is 12.0. The Morgan fingerprint density at radius 2 is 2.07 bits per heavy atom. The van der Waals surface area contributed by atoms with Gasteiger partial charge in [0.15, 0.2) is 0 Å². The molecule has 0 fully saturated rings. The third kappa shape index (κ3) is 3.51.